The van der Waals surface area contributed by atoms with Gasteiger partial charge in [0.15, 0.2) is 0 Å². The van der Waals surface area contributed by atoms with Gasteiger partial charge >= 0.3 is 0 Å². The number of aromatic nitrogens is 1. The van der Waals surface area contributed by atoms with E-state index in [-0.39, 0.29) is 5.91 Å². The fourth-order valence-corrected chi connectivity index (χ4v) is 4.02. The Hall–Kier alpha value is -2.20. The van der Waals surface area contributed by atoms with Gasteiger partial charge in [0.05, 0.1) is 10.2 Å². The summed E-state index contributed by atoms with van der Waals surface area (Å²) in [5, 5.41) is 0.972. The van der Waals surface area contributed by atoms with Crippen LogP contribution in [-0.2, 0) is 0 Å². The first-order valence-corrected chi connectivity index (χ1v) is 8.88. The van der Waals surface area contributed by atoms with E-state index in [4.69, 9.17) is 0 Å². The highest BCUT2D eigenvalue weighted by molar-refractivity contribution is 7.21. The summed E-state index contributed by atoms with van der Waals surface area (Å²) in [6.45, 7) is 1.76. The van der Waals surface area contributed by atoms with Crippen molar-refractivity contribution in [3.05, 3.63) is 54.1 Å². The Bertz CT molecular complexity index is 816. The standard InChI is InChI=1S/C19H18N2OS/c22-19(21-11-4-1-5-12-21)15-8-6-7-14(13-15)18-20-16-9-2-3-10-17(16)23-18/h2-3,6-10,13H,1,4-5,11-12H2. The van der Waals surface area contributed by atoms with Crippen molar-refractivity contribution < 1.29 is 4.79 Å². The quantitative estimate of drug-likeness (QED) is 0.691. The lowest BCUT2D eigenvalue weighted by atomic mass is 10.1. The van der Waals surface area contributed by atoms with Crippen LogP contribution in [0, 0.1) is 0 Å². The van der Waals surface area contributed by atoms with Gasteiger partial charge in [-0.05, 0) is 43.5 Å². The van der Waals surface area contributed by atoms with E-state index in [9.17, 15) is 4.79 Å². The van der Waals surface area contributed by atoms with Gasteiger partial charge in [0, 0.05) is 24.2 Å². The summed E-state index contributed by atoms with van der Waals surface area (Å²) in [5.41, 5.74) is 2.80. The molecule has 3 nitrogen and oxygen atoms in total. The zero-order chi connectivity index (χ0) is 15.6. The van der Waals surface area contributed by atoms with Crippen LogP contribution in [-0.4, -0.2) is 28.9 Å². The second kappa shape index (κ2) is 6.13. The minimum atomic E-state index is 0.146. The maximum atomic E-state index is 12.7. The van der Waals surface area contributed by atoms with Crippen molar-refractivity contribution in [1.29, 1.82) is 0 Å². The van der Waals surface area contributed by atoms with E-state index in [1.165, 1.54) is 11.1 Å². The minimum Gasteiger partial charge on any atom is -0.339 e. The van der Waals surface area contributed by atoms with Crippen molar-refractivity contribution in [2.45, 2.75) is 19.3 Å². The predicted octanol–water partition coefficient (Wildman–Crippen LogP) is 4.59. The Morgan fingerprint density at radius 2 is 1.83 bits per heavy atom. The molecule has 1 amide bonds. The number of para-hydroxylation sites is 1. The fourth-order valence-electron chi connectivity index (χ4n) is 3.06. The van der Waals surface area contributed by atoms with Gasteiger partial charge in [0.25, 0.3) is 5.91 Å². The Kier molecular flexibility index (Phi) is 3.83. The second-order valence-corrected chi connectivity index (χ2v) is 6.95. The lowest BCUT2D eigenvalue weighted by Crippen LogP contribution is -2.35. The lowest BCUT2D eigenvalue weighted by Gasteiger charge is -2.26. The van der Waals surface area contributed by atoms with Crippen molar-refractivity contribution in [3.8, 4) is 10.6 Å². The zero-order valence-corrected chi connectivity index (χ0v) is 13.7. The molecule has 0 N–H and O–H groups in total. The highest BCUT2D eigenvalue weighted by atomic mass is 32.1. The van der Waals surface area contributed by atoms with Crippen LogP contribution in [0.3, 0.4) is 0 Å². The van der Waals surface area contributed by atoms with Gasteiger partial charge in [-0.1, -0.05) is 24.3 Å². The topological polar surface area (TPSA) is 33.2 Å². The molecule has 1 fully saturated rings. The van der Waals surface area contributed by atoms with Gasteiger partial charge in [-0.2, -0.15) is 0 Å². The van der Waals surface area contributed by atoms with E-state index in [1.54, 1.807) is 11.3 Å². The number of amides is 1. The van der Waals surface area contributed by atoms with Crippen molar-refractivity contribution in [3.63, 3.8) is 0 Å². The molecule has 3 aromatic rings. The van der Waals surface area contributed by atoms with Crippen LogP contribution in [0.15, 0.2) is 48.5 Å². The molecular weight excluding hydrogens is 304 g/mol. The third-order valence-corrected chi connectivity index (χ3v) is 5.38. The molecule has 116 valence electrons. The average molecular weight is 322 g/mol. The van der Waals surface area contributed by atoms with Crippen molar-refractivity contribution >= 4 is 27.5 Å². The molecule has 1 aliphatic rings. The second-order valence-electron chi connectivity index (χ2n) is 5.92. The summed E-state index contributed by atoms with van der Waals surface area (Å²) in [6.07, 6.45) is 3.46. The summed E-state index contributed by atoms with van der Waals surface area (Å²) in [5.74, 6) is 0.146. The van der Waals surface area contributed by atoms with Crippen LogP contribution < -0.4 is 0 Å². The summed E-state index contributed by atoms with van der Waals surface area (Å²) >= 11 is 1.67. The molecular formula is C19H18N2OS. The average Bonchev–Trinajstić information content (AvgIpc) is 3.06. The molecule has 0 spiro atoms. The van der Waals surface area contributed by atoms with E-state index in [0.717, 1.165) is 47.6 Å². The molecule has 1 aromatic heterocycles. The molecule has 4 heteroatoms. The molecule has 23 heavy (non-hydrogen) atoms. The number of benzene rings is 2. The normalized spacial score (nSPS) is 15.0. The number of carbonyl (C=O) groups is 1. The number of fused-ring (bicyclic) bond motifs is 1. The molecule has 1 saturated heterocycles. The summed E-state index contributed by atoms with van der Waals surface area (Å²) in [7, 11) is 0. The first-order valence-electron chi connectivity index (χ1n) is 8.06. The highest BCUT2D eigenvalue weighted by Gasteiger charge is 2.18. The van der Waals surface area contributed by atoms with Crippen LogP contribution in [0.4, 0.5) is 0 Å². The largest absolute Gasteiger partial charge is 0.339 e. The lowest BCUT2D eigenvalue weighted by molar-refractivity contribution is 0.0724. The predicted molar refractivity (Wildman–Crippen MR) is 94.8 cm³/mol. The van der Waals surface area contributed by atoms with Gasteiger partial charge in [-0.3, -0.25) is 4.79 Å². The third-order valence-electron chi connectivity index (χ3n) is 4.29. The van der Waals surface area contributed by atoms with Gasteiger partial charge < -0.3 is 4.90 Å². The van der Waals surface area contributed by atoms with Crippen LogP contribution in [0.1, 0.15) is 29.6 Å². The van der Waals surface area contributed by atoms with E-state index in [2.05, 4.69) is 11.1 Å². The molecule has 0 bridgehead atoms. The number of nitrogens with zero attached hydrogens (tertiary/aromatic N) is 2. The van der Waals surface area contributed by atoms with Crippen molar-refractivity contribution in [2.75, 3.05) is 13.1 Å². The Balaban J connectivity index is 1.66. The van der Waals surface area contributed by atoms with Crippen LogP contribution in [0.25, 0.3) is 20.8 Å². The molecule has 2 aromatic carbocycles. The van der Waals surface area contributed by atoms with Gasteiger partial charge in [-0.25, -0.2) is 4.98 Å². The summed E-state index contributed by atoms with van der Waals surface area (Å²) in [4.78, 5) is 19.3. The molecule has 0 saturated carbocycles. The summed E-state index contributed by atoms with van der Waals surface area (Å²) < 4.78 is 1.18. The van der Waals surface area contributed by atoms with Crippen LogP contribution >= 0.6 is 11.3 Å². The first kappa shape index (κ1) is 14.4. The van der Waals surface area contributed by atoms with E-state index in [1.807, 2.05) is 47.4 Å². The molecule has 1 aliphatic heterocycles. The zero-order valence-electron chi connectivity index (χ0n) is 12.9. The Labute approximate surface area is 139 Å². The SMILES string of the molecule is O=C(c1cccc(-c2nc3ccccc3s2)c1)N1CCCCC1. The van der Waals surface area contributed by atoms with Gasteiger partial charge in [0.1, 0.15) is 5.01 Å². The number of rotatable bonds is 2. The number of carbonyl (C=O) groups excluding carboxylic acids is 1. The highest BCUT2D eigenvalue weighted by Crippen LogP contribution is 2.30. The number of hydrogen-bond acceptors (Lipinski definition) is 3. The maximum absolute atomic E-state index is 12.7. The Morgan fingerprint density at radius 3 is 2.65 bits per heavy atom. The fraction of sp³-hybridized carbons (Fsp3) is 0.263. The van der Waals surface area contributed by atoms with Crippen LogP contribution in [0.5, 0.6) is 0 Å². The Morgan fingerprint density at radius 1 is 1.00 bits per heavy atom. The smallest absolute Gasteiger partial charge is 0.253 e. The molecule has 0 atom stereocenters. The minimum absolute atomic E-state index is 0.146. The van der Waals surface area contributed by atoms with E-state index < -0.39 is 0 Å². The molecule has 4 rings (SSSR count). The first-order chi connectivity index (χ1) is 11.3. The molecule has 0 radical (unpaired) electrons. The van der Waals surface area contributed by atoms with Crippen molar-refractivity contribution in [2.24, 2.45) is 0 Å². The number of piperidine rings is 1. The number of thiazole rings is 1. The molecule has 0 aliphatic carbocycles. The van der Waals surface area contributed by atoms with Gasteiger partial charge in [-0.15, -0.1) is 11.3 Å². The molecule has 2 heterocycles. The summed E-state index contributed by atoms with van der Waals surface area (Å²) in [6, 6.07) is 16.0. The van der Waals surface area contributed by atoms with Crippen molar-refractivity contribution in [1.82, 2.24) is 9.88 Å². The molecule has 0 unspecified atom stereocenters. The van der Waals surface area contributed by atoms with Gasteiger partial charge in [0.2, 0.25) is 0 Å². The van der Waals surface area contributed by atoms with E-state index in [0.29, 0.717) is 0 Å². The number of hydrogen-bond donors (Lipinski definition) is 0. The monoisotopic (exact) mass is 322 g/mol. The number of likely N-dealkylation sites (tertiary alicyclic amines) is 1. The third kappa shape index (κ3) is 2.86. The van der Waals surface area contributed by atoms with E-state index >= 15 is 0 Å². The maximum Gasteiger partial charge on any atom is 0.253 e. The van der Waals surface area contributed by atoms with Crippen LogP contribution in [0.2, 0.25) is 0 Å².